The van der Waals surface area contributed by atoms with Crippen molar-refractivity contribution < 1.29 is 4.74 Å². The molecule has 112 valence electrons. The molecule has 0 radical (unpaired) electrons. The summed E-state index contributed by atoms with van der Waals surface area (Å²) < 4.78 is 5.91. The fraction of sp³-hybridized carbons (Fsp3) is 0.389. The first kappa shape index (κ1) is 15.5. The summed E-state index contributed by atoms with van der Waals surface area (Å²) in [6.45, 7) is 9.95. The van der Waals surface area contributed by atoms with Crippen molar-refractivity contribution in [3.05, 3.63) is 58.9 Å². The van der Waals surface area contributed by atoms with Crippen LogP contribution in [-0.2, 0) is 6.61 Å². The van der Waals surface area contributed by atoms with Gasteiger partial charge >= 0.3 is 0 Å². The predicted octanol–water partition coefficient (Wildman–Crippen LogP) is 3.95. The second-order valence-corrected chi connectivity index (χ2v) is 5.46. The third kappa shape index (κ3) is 4.30. The maximum Gasteiger partial charge on any atom is 0.122 e. The van der Waals surface area contributed by atoms with Gasteiger partial charge in [0, 0.05) is 24.0 Å². The zero-order valence-electron chi connectivity index (χ0n) is 13.3. The zero-order chi connectivity index (χ0) is 15.2. The molecule has 0 aliphatic carbocycles. The summed E-state index contributed by atoms with van der Waals surface area (Å²) in [6, 6.07) is 8.84. The van der Waals surface area contributed by atoms with Crippen LogP contribution in [0.4, 0.5) is 0 Å². The van der Waals surface area contributed by atoms with Gasteiger partial charge in [-0.2, -0.15) is 0 Å². The van der Waals surface area contributed by atoms with Crippen LogP contribution in [0.2, 0.25) is 0 Å². The maximum atomic E-state index is 5.91. The first-order valence-electron chi connectivity index (χ1n) is 7.47. The number of nitrogens with one attached hydrogen (secondary N) is 1. The van der Waals surface area contributed by atoms with Crippen molar-refractivity contribution in [2.45, 2.75) is 40.3 Å². The highest BCUT2D eigenvalue weighted by Crippen LogP contribution is 2.23. The number of hydrogen-bond donors (Lipinski definition) is 1. The Hall–Kier alpha value is -1.87. The number of ether oxygens (including phenoxy) is 1. The molecule has 0 aliphatic rings. The molecule has 0 fully saturated rings. The largest absolute Gasteiger partial charge is 0.489 e. The lowest BCUT2D eigenvalue weighted by Crippen LogP contribution is -2.17. The monoisotopic (exact) mass is 284 g/mol. The molecule has 2 rings (SSSR count). The molecule has 3 nitrogen and oxygen atoms in total. The van der Waals surface area contributed by atoms with Crippen molar-refractivity contribution in [3.8, 4) is 5.75 Å². The smallest absolute Gasteiger partial charge is 0.122 e. The lowest BCUT2D eigenvalue weighted by Gasteiger charge is -2.15. The molecule has 21 heavy (non-hydrogen) atoms. The lowest BCUT2D eigenvalue weighted by atomic mass is 10.1. The third-order valence-corrected chi connectivity index (χ3v) is 3.54. The fourth-order valence-corrected chi connectivity index (χ4v) is 2.39. The van der Waals surface area contributed by atoms with Crippen LogP contribution in [-0.4, -0.2) is 11.5 Å². The summed E-state index contributed by atoms with van der Waals surface area (Å²) in [6.07, 6.45) is 3.70. The third-order valence-electron chi connectivity index (χ3n) is 3.54. The number of pyridine rings is 1. The van der Waals surface area contributed by atoms with Crippen LogP contribution in [0.25, 0.3) is 0 Å². The van der Waals surface area contributed by atoms with E-state index in [0.29, 0.717) is 12.6 Å². The molecule has 1 unspecified atom stereocenters. The highest BCUT2D eigenvalue weighted by molar-refractivity contribution is 5.37. The van der Waals surface area contributed by atoms with Gasteiger partial charge in [-0.3, -0.25) is 4.98 Å². The van der Waals surface area contributed by atoms with Gasteiger partial charge in [-0.15, -0.1) is 0 Å². The Morgan fingerprint density at radius 2 is 2.00 bits per heavy atom. The van der Waals surface area contributed by atoms with E-state index in [-0.39, 0.29) is 0 Å². The van der Waals surface area contributed by atoms with Gasteiger partial charge in [-0.25, -0.2) is 0 Å². The van der Waals surface area contributed by atoms with E-state index in [2.05, 4.69) is 55.3 Å². The molecule has 2 aromatic rings. The van der Waals surface area contributed by atoms with E-state index in [1.54, 1.807) is 0 Å². The highest BCUT2D eigenvalue weighted by atomic mass is 16.5. The van der Waals surface area contributed by atoms with E-state index >= 15 is 0 Å². The minimum Gasteiger partial charge on any atom is -0.489 e. The van der Waals surface area contributed by atoms with Gasteiger partial charge < -0.3 is 10.1 Å². The minimum absolute atomic E-state index is 0.365. The van der Waals surface area contributed by atoms with E-state index in [4.69, 9.17) is 4.74 Å². The normalized spacial score (nSPS) is 12.2. The average Bonchev–Trinajstić information content (AvgIpc) is 2.46. The molecule has 1 aromatic heterocycles. The van der Waals surface area contributed by atoms with Gasteiger partial charge in [0.25, 0.3) is 0 Å². The van der Waals surface area contributed by atoms with Crippen LogP contribution >= 0.6 is 0 Å². The average molecular weight is 284 g/mol. The lowest BCUT2D eigenvalue weighted by molar-refractivity contribution is 0.303. The molecule has 0 bridgehead atoms. The minimum atomic E-state index is 0.365. The Labute approximate surface area is 127 Å². The second-order valence-electron chi connectivity index (χ2n) is 5.46. The first-order chi connectivity index (χ1) is 10.1. The summed E-state index contributed by atoms with van der Waals surface area (Å²) in [7, 11) is 0. The Morgan fingerprint density at radius 1 is 1.19 bits per heavy atom. The molecule has 1 heterocycles. The van der Waals surface area contributed by atoms with Gasteiger partial charge in [0.05, 0.1) is 0 Å². The molecular formula is C18H24N2O. The molecular weight excluding hydrogens is 260 g/mol. The Kier molecular flexibility index (Phi) is 5.34. The van der Waals surface area contributed by atoms with Gasteiger partial charge in [0.1, 0.15) is 12.4 Å². The molecule has 0 saturated carbocycles. The van der Waals surface area contributed by atoms with Gasteiger partial charge in [-0.05, 0) is 56.1 Å². The van der Waals surface area contributed by atoms with Crippen molar-refractivity contribution in [1.29, 1.82) is 0 Å². The summed E-state index contributed by atoms with van der Waals surface area (Å²) in [5.41, 5.74) is 4.71. The molecule has 0 aliphatic heterocycles. The second kappa shape index (κ2) is 7.23. The fourth-order valence-electron chi connectivity index (χ4n) is 2.39. The molecule has 1 atom stereocenters. The summed E-state index contributed by atoms with van der Waals surface area (Å²) in [4.78, 5) is 4.19. The maximum absolute atomic E-state index is 5.91. The van der Waals surface area contributed by atoms with Crippen molar-refractivity contribution in [1.82, 2.24) is 10.3 Å². The van der Waals surface area contributed by atoms with Crippen molar-refractivity contribution in [3.63, 3.8) is 0 Å². The summed E-state index contributed by atoms with van der Waals surface area (Å²) in [5.74, 6) is 0.934. The Balaban J connectivity index is 2.04. The van der Waals surface area contributed by atoms with E-state index in [0.717, 1.165) is 29.0 Å². The Bertz CT molecular complexity index is 596. The number of aromatic nitrogens is 1. The van der Waals surface area contributed by atoms with Crippen LogP contribution in [0, 0.1) is 13.8 Å². The number of aryl methyl sites for hydroxylation is 2. The SMILES string of the molecule is CCNC(C)c1ccc(OCc2cncc(C)c2)c(C)c1. The quantitative estimate of drug-likeness (QED) is 0.872. The molecule has 0 amide bonds. The zero-order valence-corrected chi connectivity index (χ0v) is 13.3. The van der Waals surface area contributed by atoms with Gasteiger partial charge in [0.2, 0.25) is 0 Å². The molecule has 3 heteroatoms. The van der Waals surface area contributed by atoms with Gasteiger partial charge in [0.15, 0.2) is 0 Å². The summed E-state index contributed by atoms with van der Waals surface area (Å²) >= 11 is 0. The van der Waals surface area contributed by atoms with Crippen molar-refractivity contribution >= 4 is 0 Å². The van der Waals surface area contributed by atoms with Crippen LogP contribution in [0.5, 0.6) is 5.75 Å². The van der Waals surface area contributed by atoms with Crippen LogP contribution < -0.4 is 10.1 Å². The molecule has 1 aromatic carbocycles. The van der Waals surface area contributed by atoms with E-state index < -0.39 is 0 Å². The van der Waals surface area contributed by atoms with Crippen molar-refractivity contribution in [2.75, 3.05) is 6.54 Å². The number of nitrogens with zero attached hydrogens (tertiary/aromatic N) is 1. The first-order valence-corrected chi connectivity index (χ1v) is 7.47. The molecule has 0 spiro atoms. The van der Waals surface area contributed by atoms with E-state index in [9.17, 15) is 0 Å². The van der Waals surface area contributed by atoms with Gasteiger partial charge in [-0.1, -0.05) is 19.1 Å². The molecule has 0 saturated heterocycles. The van der Waals surface area contributed by atoms with E-state index in [1.807, 2.05) is 19.3 Å². The van der Waals surface area contributed by atoms with Crippen LogP contribution in [0.3, 0.4) is 0 Å². The standard InChI is InChI=1S/C18H24N2O/c1-5-20-15(4)17-6-7-18(14(3)9-17)21-12-16-8-13(2)10-19-11-16/h6-11,15,20H,5,12H2,1-4H3. The molecule has 1 N–H and O–H groups in total. The highest BCUT2D eigenvalue weighted by Gasteiger charge is 2.07. The van der Waals surface area contributed by atoms with E-state index in [1.165, 1.54) is 5.56 Å². The van der Waals surface area contributed by atoms with Crippen LogP contribution in [0.1, 0.15) is 42.1 Å². The Morgan fingerprint density at radius 3 is 2.67 bits per heavy atom. The predicted molar refractivity (Wildman–Crippen MR) is 86.6 cm³/mol. The summed E-state index contributed by atoms with van der Waals surface area (Å²) in [5, 5.41) is 3.42. The topological polar surface area (TPSA) is 34.1 Å². The number of hydrogen-bond acceptors (Lipinski definition) is 3. The van der Waals surface area contributed by atoms with Crippen LogP contribution in [0.15, 0.2) is 36.7 Å². The van der Waals surface area contributed by atoms with Crippen molar-refractivity contribution in [2.24, 2.45) is 0 Å². The number of benzene rings is 1. The number of rotatable bonds is 6.